The van der Waals surface area contributed by atoms with Crippen molar-refractivity contribution in [3.8, 4) is 0 Å². The van der Waals surface area contributed by atoms with Crippen LogP contribution in [0, 0.1) is 0 Å². The molecular weight excluding hydrogens is 328 g/mol. The minimum atomic E-state index is -0.182. The molecule has 0 spiro atoms. The summed E-state index contributed by atoms with van der Waals surface area (Å²) in [7, 11) is 3.74. The van der Waals surface area contributed by atoms with Gasteiger partial charge in [-0.15, -0.1) is 0 Å². The van der Waals surface area contributed by atoms with Crippen molar-refractivity contribution in [1.82, 2.24) is 20.4 Å². The zero-order chi connectivity index (χ0) is 17.4. The lowest BCUT2D eigenvalue weighted by Crippen LogP contribution is -2.49. The van der Waals surface area contributed by atoms with E-state index >= 15 is 0 Å². The van der Waals surface area contributed by atoms with E-state index in [2.05, 4.69) is 27.5 Å². The summed E-state index contributed by atoms with van der Waals surface area (Å²) in [5.74, 6) is 0. The Hall–Kier alpha value is -1.34. The zero-order valence-corrected chi connectivity index (χ0v) is 15.2. The SMILES string of the molecule is COCCNC(=O)NCC(c1ccccc1Cl)N1CCN(C)CC1. The Balaban J connectivity index is 2.00. The summed E-state index contributed by atoms with van der Waals surface area (Å²) in [5, 5.41) is 6.48. The summed E-state index contributed by atoms with van der Waals surface area (Å²) < 4.78 is 4.94. The van der Waals surface area contributed by atoms with Crippen molar-refractivity contribution in [2.24, 2.45) is 0 Å². The molecule has 134 valence electrons. The second kappa shape index (κ2) is 9.84. The molecule has 0 bridgehead atoms. The molecule has 6 nitrogen and oxygen atoms in total. The van der Waals surface area contributed by atoms with E-state index in [4.69, 9.17) is 16.3 Å². The van der Waals surface area contributed by atoms with Gasteiger partial charge >= 0.3 is 6.03 Å². The fourth-order valence-corrected chi connectivity index (χ4v) is 3.09. The summed E-state index contributed by atoms with van der Waals surface area (Å²) in [5.41, 5.74) is 1.06. The number of rotatable bonds is 7. The molecule has 2 amide bonds. The maximum Gasteiger partial charge on any atom is 0.314 e. The number of nitrogens with zero attached hydrogens (tertiary/aromatic N) is 2. The smallest absolute Gasteiger partial charge is 0.314 e. The van der Waals surface area contributed by atoms with Crippen molar-refractivity contribution in [1.29, 1.82) is 0 Å². The Labute approximate surface area is 149 Å². The van der Waals surface area contributed by atoms with E-state index in [1.165, 1.54) is 0 Å². The van der Waals surface area contributed by atoms with Gasteiger partial charge in [0.25, 0.3) is 0 Å². The molecule has 2 N–H and O–H groups in total. The predicted octanol–water partition coefficient (Wildman–Crippen LogP) is 1.57. The number of halogens is 1. The highest BCUT2D eigenvalue weighted by Gasteiger charge is 2.25. The van der Waals surface area contributed by atoms with Crippen LogP contribution in [0.5, 0.6) is 0 Å². The molecule has 1 aliphatic heterocycles. The molecule has 1 aromatic rings. The maximum atomic E-state index is 11.9. The number of methoxy groups -OCH3 is 1. The first-order valence-electron chi connectivity index (χ1n) is 8.29. The van der Waals surface area contributed by atoms with E-state index in [-0.39, 0.29) is 12.1 Å². The first kappa shape index (κ1) is 19.0. The summed E-state index contributed by atoms with van der Waals surface area (Å²) in [6.45, 7) is 5.46. The first-order valence-corrected chi connectivity index (χ1v) is 8.67. The molecule has 1 unspecified atom stereocenters. The molecule has 1 heterocycles. The topological polar surface area (TPSA) is 56.8 Å². The predicted molar refractivity (Wildman–Crippen MR) is 96.5 cm³/mol. The minimum Gasteiger partial charge on any atom is -0.383 e. The number of urea groups is 1. The second-order valence-corrected chi connectivity index (χ2v) is 6.41. The molecule has 1 aliphatic rings. The number of likely N-dealkylation sites (N-methyl/N-ethyl adjacent to an activating group) is 1. The first-order chi connectivity index (χ1) is 11.6. The molecular formula is C17H27ClN4O2. The molecule has 1 atom stereocenters. The fraction of sp³-hybridized carbons (Fsp3) is 0.588. The van der Waals surface area contributed by atoms with Crippen molar-refractivity contribution in [2.45, 2.75) is 6.04 Å². The van der Waals surface area contributed by atoms with Crippen LogP contribution in [0.1, 0.15) is 11.6 Å². The van der Waals surface area contributed by atoms with E-state index in [0.717, 1.165) is 36.8 Å². The minimum absolute atomic E-state index is 0.0700. The van der Waals surface area contributed by atoms with Gasteiger partial charge in [-0.2, -0.15) is 0 Å². The molecule has 0 saturated carbocycles. The van der Waals surface area contributed by atoms with Gasteiger partial charge in [0.15, 0.2) is 0 Å². The number of carbonyl (C=O) groups excluding carboxylic acids is 1. The third-order valence-corrected chi connectivity index (χ3v) is 4.63. The molecule has 0 aromatic heterocycles. The number of carbonyl (C=O) groups is 1. The number of amides is 2. The molecule has 1 fully saturated rings. The van der Waals surface area contributed by atoms with Crippen molar-refractivity contribution >= 4 is 17.6 Å². The quantitative estimate of drug-likeness (QED) is 0.730. The van der Waals surface area contributed by atoms with Gasteiger partial charge in [-0.3, -0.25) is 4.90 Å². The number of piperazine rings is 1. The number of nitrogens with one attached hydrogen (secondary N) is 2. The number of ether oxygens (including phenoxy) is 1. The highest BCUT2D eigenvalue weighted by Crippen LogP contribution is 2.27. The largest absolute Gasteiger partial charge is 0.383 e. The van der Waals surface area contributed by atoms with Crippen LogP contribution < -0.4 is 10.6 Å². The Kier molecular flexibility index (Phi) is 7.78. The van der Waals surface area contributed by atoms with Gasteiger partial charge in [-0.25, -0.2) is 4.79 Å². The van der Waals surface area contributed by atoms with E-state index in [9.17, 15) is 4.79 Å². The Morgan fingerprint density at radius 2 is 1.96 bits per heavy atom. The molecule has 1 saturated heterocycles. The van der Waals surface area contributed by atoms with Crippen LogP contribution in [-0.4, -0.2) is 75.9 Å². The van der Waals surface area contributed by atoms with Crippen LogP contribution >= 0.6 is 11.6 Å². The Morgan fingerprint density at radius 1 is 1.25 bits per heavy atom. The van der Waals surface area contributed by atoms with Crippen molar-refractivity contribution < 1.29 is 9.53 Å². The number of hydrogen-bond donors (Lipinski definition) is 2. The molecule has 2 rings (SSSR count). The van der Waals surface area contributed by atoms with Gasteiger partial charge in [-0.1, -0.05) is 29.8 Å². The summed E-state index contributed by atoms with van der Waals surface area (Å²) >= 11 is 6.40. The van der Waals surface area contributed by atoms with Crippen molar-refractivity contribution in [2.75, 3.05) is 60.0 Å². The van der Waals surface area contributed by atoms with Crippen LogP contribution in [0.2, 0.25) is 5.02 Å². The number of hydrogen-bond acceptors (Lipinski definition) is 4. The maximum absolute atomic E-state index is 11.9. The Morgan fingerprint density at radius 3 is 2.62 bits per heavy atom. The van der Waals surface area contributed by atoms with Crippen LogP contribution in [0.3, 0.4) is 0 Å². The average molecular weight is 355 g/mol. The van der Waals surface area contributed by atoms with Crippen LogP contribution in [0.4, 0.5) is 4.79 Å². The summed E-state index contributed by atoms with van der Waals surface area (Å²) in [4.78, 5) is 16.6. The van der Waals surface area contributed by atoms with E-state index in [1.54, 1.807) is 7.11 Å². The van der Waals surface area contributed by atoms with Crippen LogP contribution in [0.15, 0.2) is 24.3 Å². The fourth-order valence-electron chi connectivity index (χ4n) is 2.83. The zero-order valence-electron chi connectivity index (χ0n) is 14.4. The van der Waals surface area contributed by atoms with Crippen LogP contribution in [-0.2, 0) is 4.74 Å². The van der Waals surface area contributed by atoms with Crippen LogP contribution in [0.25, 0.3) is 0 Å². The van der Waals surface area contributed by atoms with E-state index in [0.29, 0.717) is 19.7 Å². The van der Waals surface area contributed by atoms with E-state index in [1.807, 2.05) is 24.3 Å². The van der Waals surface area contributed by atoms with Gasteiger partial charge in [0, 0.05) is 51.4 Å². The molecule has 7 heteroatoms. The van der Waals surface area contributed by atoms with E-state index < -0.39 is 0 Å². The lowest BCUT2D eigenvalue weighted by Gasteiger charge is -2.38. The highest BCUT2D eigenvalue weighted by molar-refractivity contribution is 6.31. The highest BCUT2D eigenvalue weighted by atomic mass is 35.5. The number of benzene rings is 1. The van der Waals surface area contributed by atoms with Crippen molar-refractivity contribution in [3.05, 3.63) is 34.9 Å². The molecule has 1 aromatic carbocycles. The monoisotopic (exact) mass is 354 g/mol. The molecule has 0 aliphatic carbocycles. The summed E-state index contributed by atoms with van der Waals surface area (Å²) in [6.07, 6.45) is 0. The molecule has 0 radical (unpaired) electrons. The third-order valence-electron chi connectivity index (χ3n) is 4.29. The Bertz CT molecular complexity index is 521. The lowest BCUT2D eigenvalue weighted by atomic mass is 10.0. The normalized spacial score (nSPS) is 17.5. The van der Waals surface area contributed by atoms with Gasteiger partial charge in [0.05, 0.1) is 12.6 Å². The van der Waals surface area contributed by atoms with Gasteiger partial charge in [-0.05, 0) is 18.7 Å². The third kappa shape index (κ3) is 5.63. The lowest BCUT2D eigenvalue weighted by molar-refractivity contribution is 0.111. The van der Waals surface area contributed by atoms with Gasteiger partial charge in [0.2, 0.25) is 0 Å². The van der Waals surface area contributed by atoms with Crippen molar-refractivity contribution in [3.63, 3.8) is 0 Å². The average Bonchev–Trinajstić information content (AvgIpc) is 2.58. The summed E-state index contributed by atoms with van der Waals surface area (Å²) in [6, 6.07) is 7.74. The standard InChI is InChI=1S/C17H27ClN4O2/c1-21-8-10-22(11-9-21)16(14-5-3-4-6-15(14)18)13-20-17(23)19-7-12-24-2/h3-6,16H,7-13H2,1-2H3,(H2,19,20,23). The second-order valence-electron chi connectivity index (χ2n) is 6.01. The van der Waals surface area contributed by atoms with Gasteiger partial charge < -0.3 is 20.3 Å². The van der Waals surface area contributed by atoms with Gasteiger partial charge in [0.1, 0.15) is 0 Å². The molecule has 24 heavy (non-hydrogen) atoms.